The number of allylic oxidation sites excluding steroid dienone is 20. The zero-order valence-corrected chi connectivity index (χ0v) is 39.5. The number of hydrogen-bond acceptors (Lipinski definition) is 12. The monoisotopic (exact) mass is 893 g/mol. The summed E-state index contributed by atoms with van der Waals surface area (Å²) < 4.78 is 23.4. The van der Waals surface area contributed by atoms with E-state index in [1.165, 1.54) is 11.1 Å². The Morgan fingerprint density at radius 1 is 0.516 bits per heavy atom. The predicted octanol–water partition coefficient (Wildman–Crippen LogP) is 6.20. The minimum absolute atomic E-state index is 0.226. The van der Waals surface area contributed by atoms with Crippen molar-refractivity contribution < 1.29 is 59.8 Å². The summed E-state index contributed by atoms with van der Waals surface area (Å²) in [5, 5.41) is 80.6. The first-order valence-corrected chi connectivity index (χ1v) is 22.5. The van der Waals surface area contributed by atoms with Crippen molar-refractivity contribution in [2.75, 3.05) is 13.2 Å². The number of rotatable bonds is 16. The van der Waals surface area contributed by atoms with Crippen LogP contribution in [0.25, 0.3) is 0 Å². The highest BCUT2D eigenvalue weighted by molar-refractivity contribution is 5.39. The lowest BCUT2D eigenvalue weighted by Gasteiger charge is -2.43. The smallest absolute Gasteiger partial charge is 0.186 e. The lowest BCUT2D eigenvalue weighted by atomic mass is 9.71. The van der Waals surface area contributed by atoms with Gasteiger partial charge in [-0.1, -0.05) is 146 Å². The van der Waals surface area contributed by atoms with E-state index in [9.17, 15) is 40.9 Å². The second-order valence-electron chi connectivity index (χ2n) is 19.3. The molecule has 0 aromatic rings. The van der Waals surface area contributed by atoms with E-state index in [2.05, 4.69) is 130 Å². The fourth-order valence-electron chi connectivity index (χ4n) is 9.00. The van der Waals surface area contributed by atoms with Crippen LogP contribution < -0.4 is 0 Å². The molecule has 2 saturated heterocycles. The first-order valence-electron chi connectivity index (χ1n) is 22.5. The van der Waals surface area contributed by atoms with Crippen molar-refractivity contribution in [3.63, 3.8) is 0 Å². The molecule has 0 spiro atoms. The van der Waals surface area contributed by atoms with Crippen LogP contribution in [0.2, 0.25) is 0 Å². The quantitative estimate of drug-likeness (QED) is 0.0819. The normalized spacial score (nSPS) is 35.1. The highest BCUT2D eigenvalue weighted by Crippen LogP contribution is 2.44. The average Bonchev–Trinajstić information content (AvgIpc) is 3.21. The largest absolute Gasteiger partial charge is 0.394 e. The molecule has 4 aliphatic rings. The molecule has 356 valence electrons. The molecule has 0 radical (unpaired) electrons. The van der Waals surface area contributed by atoms with E-state index in [-0.39, 0.29) is 23.0 Å². The minimum Gasteiger partial charge on any atom is -0.394 e. The number of hydrogen-bond donors (Lipinski definition) is 8. The number of aliphatic hydroxyl groups is 8. The van der Waals surface area contributed by atoms with Crippen molar-refractivity contribution in [2.45, 2.75) is 169 Å². The van der Waals surface area contributed by atoms with Crippen LogP contribution in [0.4, 0.5) is 0 Å². The standard InChI is InChI=1S/C52H76O12/c1-31(17-13-19-33(3)21-23-39-35(5)25-37(27-51(39,7)8)61-49-47(59)45(57)43(55)41(29-53)63-49)15-11-12-16-32(2)18-14-20-34(4)22-24-40-36(6)26-38(28-52(40,9)10)62-50-48(60)46(58)44(56)42(30-54)64-50/h11-24,37-38,41-50,53-60H,25-30H2,1-10H3. The maximum absolute atomic E-state index is 10.5. The molecule has 12 unspecified atom stereocenters. The Morgan fingerprint density at radius 3 is 1.17 bits per heavy atom. The number of aliphatic hydroxyl groups excluding tert-OH is 8. The van der Waals surface area contributed by atoms with Crippen LogP contribution in [0.1, 0.15) is 94.9 Å². The summed E-state index contributed by atoms with van der Waals surface area (Å²) in [6.07, 6.45) is 18.2. The fourth-order valence-corrected chi connectivity index (χ4v) is 9.00. The van der Waals surface area contributed by atoms with Crippen LogP contribution in [0.5, 0.6) is 0 Å². The van der Waals surface area contributed by atoms with Crippen molar-refractivity contribution in [1.82, 2.24) is 0 Å². The summed E-state index contributed by atoms with van der Waals surface area (Å²) in [4.78, 5) is 0. The average molecular weight is 893 g/mol. The SMILES string of the molecule is CC(C=CC=C(C)C=CC1=C(C)CC(OC2OC(CO)C(O)C(O)C2O)CC1(C)C)=CC=CC=C(C)C=CC=C(C)C=CC1=C(C)CC(OC2OC(CO)C(O)C(O)C2O)CC1(C)C. The Kier molecular flexibility index (Phi) is 19.9. The summed E-state index contributed by atoms with van der Waals surface area (Å²) in [5.74, 6) is 0. The van der Waals surface area contributed by atoms with Gasteiger partial charge in [0.2, 0.25) is 0 Å². The molecule has 12 atom stereocenters. The molecule has 4 rings (SSSR count). The Bertz CT molecular complexity index is 1780. The zero-order chi connectivity index (χ0) is 47.5. The molecule has 2 heterocycles. The molecule has 12 nitrogen and oxygen atoms in total. The van der Waals surface area contributed by atoms with Crippen molar-refractivity contribution in [2.24, 2.45) is 10.8 Å². The third-order valence-corrected chi connectivity index (χ3v) is 12.6. The topological polar surface area (TPSA) is 199 Å². The van der Waals surface area contributed by atoms with Gasteiger partial charge in [-0.05, 0) is 89.2 Å². The molecule has 64 heavy (non-hydrogen) atoms. The van der Waals surface area contributed by atoms with Gasteiger partial charge in [-0.25, -0.2) is 0 Å². The Labute approximate surface area is 381 Å². The lowest BCUT2D eigenvalue weighted by Crippen LogP contribution is -2.59. The molecule has 8 N–H and O–H groups in total. The third-order valence-electron chi connectivity index (χ3n) is 12.6. The predicted molar refractivity (Wildman–Crippen MR) is 249 cm³/mol. The summed E-state index contributed by atoms with van der Waals surface area (Å²) >= 11 is 0. The van der Waals surface area contributed by atoms with Crippen molar-refractivity contribution in [3.05, 3.63) is 130 Å². The highest BCUT2D eigenvalue weighted by atomic mass is 16.7. The van der Waals surface area contributed by atoms with E-state index in [1.807, 2.05) is 24.3 Å². The first kappa shape index (κ1) is 53.3. The molecule has 2 aliphatic carbocycles. The second-order valence-corrected chi connectivity index (χ2v) is 19.3. The van der Waals surface area contributed by atoms with E-state index in [1.54, 1.807) is 0 Å². The van der Waals surface area contributed by atoms with E-state index in [4.69, 9.17) is 18.9 Å². The molecular formula is C52H76O12. The number of ether oxygens (including phenoxy) is 4. The first-order chi connectivity index (χ1) is 30.1. The summed E-state index contributed by atoms with van der Waals surface area (Å²) in [7, 11) is 0. The van der Waals surface area contributed by atoms with Crippen LogP contribution >= 0.6 is 0 Å². The molecule has 12 heteroatoms. The van der Waals surface area contributed by atoms with Crippen molar-refractivity contribution >= 4 is 0 Å². The molecular weight excluding hydrogens is 817 g/mol. The van der Waals surface area contributed by atoms with Crippen LogP contribution in [0.3, 0.4) is 0 Å². The lowest BCUT2D eigenvalue weighted by molar-refractivity contribution is -0.313. The molecule has 2 aliphatic heterocycles. The van der Waals surface area contributed by atoms with E-state index >= 15 is 0 Å². The summed E-state index contributed by atoms with van der Waals surface area (Å²) in [5.41, 5.74) is 8.72. The van der Waals surface area contributed by atoms with Gasteiger partial charge in [0.1, 0.15) is 48.8 Å². The van der Waals surface area contributed by atoms with E-state index in [0.717, 1.165) is 33.4 Å². The fraction of sp³-hybridized carbons (Fsp3) is 0.577. The van der Waals surface area contributed by atoms with Crippen LogP contribution in [0.15, 0.2) is 130 Å². The van der Waals surface area contributed by atoms with Gasteiger partial charge in [0.05, 0.1) is 25.4 Å². The molecule has 0 amide bonds. The Balaban J connectivity index is 1.25. The second kappa shape index (κ2) is 23.9. The summed E-state index contributed by atoms with van der Waals surface area (Å²) in [6.45, 7) is 20.0. The van der Waals surface area contributed by atoms with Gasteiger partial charge in [0, 0.05) is 0 Å². The van der Waals surface area contributed by atoms with Gasteiger partial charge < -0.3 is 59.8 Å². The van der Waals surface area contributed by atoms with Crippen LogP contribution in [-0.4, -0.2) is 128 Å². The van der Waals surface area contributed by atoms with Gasteiger partial charge in [0.15, 0.2) is 12.6 Å². The highest BCUT2D eigenvalue weighted by Gasteiger charge is 2.47. The van der Waals surface area contributed by atoms with E-state index < -0.39 is 74.6 Å². The van der Waals surface area contributed by atoms with Gasteiger partial charge in [0.25, 0.3) is 0 Å². The van der Waals surface area contributed by atoms with Crippen molar-refractivity contribution in [3.8, 4) is 0 Å². The minimum atomic E-state index is -1.47. The van der Waals surface area contributed by atoms with Crippen LogP contribution in [-0.2, 0) is 18.9 Å². The van der Waals surface area contributed by atoms with Gasteiger partial charge in [-0.15, -0.1) is 0 Å². The molecule has 0 aromatic carbocycles. The molecule has 0 aromatic heterocycles. The summed E-state index contributed by atoms with van der Waals surface area (Å²) in [6, 6.07) is 0. The Morgan fingerprint density at radius 2 is 0.844 bits per heavy atom. The van der Waals surface area contributed by atoms with Crippen molar-refractivity contribution in [1.29, 1.82) is 0 Å². The maximum atomic E-state index is 10.5. The third kappa shape index (κ3) is 14.6. The maximum Gasteiger partial charge on any atom is 0.186 e. The van der Waals surface area contributed by atoms with Crippen LogP contribution in [0, 0.1) is 10.8 Å². The molecule has 0 saturated carbocycles. The van der Waals surface area contributed by atoms with Gasteiger partial charge in [-0.2, -0.15) is 0 Å². The zero-order valence-electron chi connectivity index (χ0n) is 39.5. The van der Waals surface area contributed by atoms with E-state index in [0.29, 0.717) is 25.7 Å². The molecule has 2 fully saturated rings. The Hall–Kier alpha value is -3.34. The molecule has 0 bridgehead atoms. The van der Waals surface area contributed by atoms with Gasteiger partial charge in [-0.3, -0.25) is 0 Å². The van der Waals surface area contributed by atoms with Gasteiger partial charge >= 0.3 is 0 Å².